The zero-order chi connectivity index (χ0) is 12.1. The molecule has 18 heavy (non-hydrogen) atoms. The summed E-state index contributed by atoms with van der Waals surface area (Å²) in [6.07, 6.45) is 0. The van der Waals surface area contributed by atoms with Crippen LogP contribution in [0.2, 0.25) is 5.02 Å². The Balaban J connectivity index is 2.37. The largest absolute Gasteiger partial charge is 0.456 e. The Morgan fingerprint density at radius 1 is 0.667 bits per heavy atom. The van der Waals surface area contributed by atoms with Gasteiger partial charge >= 0.3 is 0 Å². The molecule has 4 rings (SSSR count). The molecule has 0 saturated heterocycles. The van der Waals surface area contributed by atoms with Gasteiger partial charge in [-0.3, -0.25) is 0 Å². The second kappa shape index (κ2) is 3.50. The molecule has 2 heteroatoms. The molecule has 0 atom stereocenters. The molecule has 0 aliphatic rings. The summed E-state index contributed by atoms with van der Waals surface area (Å²) in [4.78, 5) is 0. The lowest BCUT2D eigenvalue weighted by Crippen LogP contribution is -1.75. The molecular formula is C16H9ClO. The summed E-state index contributed by atoms with van der Waals surface area (Å²) in [6, 6.07) is 18.1. The van der Waals surface area contributed by atoms with Gasteiger partial charge in [0.15, 0.2) is 0 Å². The normalized spacial score (nSPS) is 11.6. The fourth-order valence-corrected chi connectivity index (χ4v) is 2.78. The van der Waals surface area contributed by atoms with E-state index in [4.69, 9.17) is 16.0 Å². The van der Waals surface area contributed by atoms with Crippen LogP contribution in [0.15, 0.2) is 59.0 Å². The predicted molar refractivity (Wildman–Crippen MR) is 76.2 cm³/mol. The molecule has 0 bridgehead atoms. The molecule has 0 amide bonds. The maximum Gasteiger partial charge on any atom is 0.136 e. The first kappa shape index (κ1) is 9.98. The van der Waals surface area contributed by atoms with Gasteiger partial charge in [0.2, 0.25) is 0 Å². The first-order valence-electron chi connectivity index (χ1n) is 5.83. The number of benzene rings is 3. The van der Waals surface area contributed by atoms with Crippen molar-refractivity contribution in [1.29, 1.82) is 0 Å². The van der Waals surface area contributed by atoms with Gasteiger partial charge in [-0.1, -0.05) is 41.9 Å². The van der Waals surface area contributed by atoms with E-state index in [9.17, 15) is 0 Å². The maximum absolute atomic E-state index is 6.25. The van der Waals surface area contributed by atoms with E-state index >= 15 is 0 Å². The minimum Gasteiger partial charge on any atom is -0.456 e. The van der Waals surface area contributed by atoms with Gasteiger partial charge in [-0.05, 0) is 29.7 Å². The summed E-state index contributed by atoms with van der Waals surface area (Å²) in [6.45, 7) is 0. The van der Waals surface area contributed by atoms with Crippen molar-refractivity contribution in [2.45, 2.75) is 0 Å². The van der Waals surface area contributed by atoms with Crippen LogP contribution in [0.25, 0.3) is 32.7 Å². The zero-order valence-electron chi connectivity index (χ0n) is 9.48. The quantitative estimate of drug-likeness (QED) is 0.409. The minimum atomic E-state index is 0.777. The summed E-state index contributed by atoms with van der Waals surface area (Å²) in [7, 11) is 0. The van der Waals surface area contributed by atoms with Gasteiger partial charge in [0, 0.05) is 21.2 Å². The van der Waals surface area contributed by atoms with E-state index in [1.807, 2.05) is 42.5 Å². The summed E-state index contributed by atoms with van der Waals surface area (Å²) in [5.41, 5.74) is 1.82. The van der Waals surface area contributed by atoms with Crippen molar-refractivity contribution in [3.63, 3.8) is 0 Å². The standard InChI is InChI=1S/C16H9ClO/c17-13-6-3-5-11-10(13)8-9-15-16(11)12-4-1-2-7-14(12)18-15/h1-9H. The molecule has 0 aliphatic carbocycles. The molecule has 0 unspecified atom stereocenters. The molecule has 0 radical (unpaired) electrons. The molecule has 0 spiro atoms. The third-order valence-corrected chi connectivity index (χ3v) is 3.68. The van der Waals surface area contributed by atoms with Crippen molar-refractivity contribution in [1.82, 2.24) is 0 Å². The van der Waals surface area contributed by atoms with Crippen LogP contribution >= 0.6 is 11.6 Å². The Kier molecular flexibility index (Phi) is 1.94. The lowest BCUT2D eigenvalue weighted by Gasteiger charge is -2.01. The third-order valence-electron chi connectivity index (χ3n) is 3.35. The molecule has 0 N–H and O–H groups in total. The monoisotopic (exact) mass is 252 g/mol. The molecule has 0 fully saturated rings. The molecule has 1 aromatic heterocycles. The third kappa shape index (κ3) is 1.22. The Morgan fingerprint density at radius 3 is 2.44 bits per heavy atom. The number of hydrogen-bond donors (Lipinski definition) is 0. The summed E-state index contributed by atoms with van der Waals surface area (Å²) < 4.78 is 5.86. The van der Waals surface area contributed by atoms with Crippen LogP contribution < -0.4 is 0 Å². The zero-order valence-corrected chi connectivity index (χ0v) is 10.2. The molecule has 3 aromatic carbocycles. The van der Waals surface area contributed by atoms with Gasteiger partial charge in [-0.15, -0.1) is 0 Å². The fraction of sp³-hybridized carbons (Fsp3) is 0. The number of fused-ring (bicyclic) bond motifs is 5. The molecule has 0 saturated carbocycles. The van der Waals surface area contributed by atoms with Crippen LogP contribution in [0.5, 0.6) is 0 Å². The highest BCUT2D eigenvalue weighted by Gasteiger charge is 2.10. The Hall–Kier alpha value is -1.99. The maximum atomic E-state index is 6.25. The second-order valence-corrected chi connectivity index (χ2v) is 4.78. The van der Waals surface area contributed by atoms with Gasteiger partial charge in [-0.2, -0.15) is 0 Å². The minimum absolute atomic E-state index is 0.777. The van der Waals surface area contributed by atoms with Gasteiger partial charge in [0.1, 0.15) is 11.2 Å². The van der Waals surface area contributed by atoms with Crippen LogP contribution in [-0.4, -0.2) is 0 Å². The van der Waals surface area contributed by atoms with E-state index in [0.29, 0.717) is 0 Å². The average molecular weight is 253 g/mol. The van der Waals surface area contributed by atoms with Crippen LogP contribution in [-0.2, 0) is 0 Å². The lowest BCUT2D eigenvalue weighted by atomic mass is 10.0. The van der Waals surface area contributed by atoms with Gasteiger partial charge in [0.25, 0.3) is 0 Å². The van der Waals surface area contributed by atoms with E-state index in [0.717, 1.165) is 37.7 Å². The van der Waals surface area contributed by atoms with Crippen molar-refractivity contribution in [2.24, 2.45) is 0 Å². The van der Waals surface area contributed by atoms with Crippen molar-refractivity contribution in [3.8, 4) is 0 Å². The highest BCUT2D eigenvalue weighted by molar-refractivity contribution is 6.37. The van der Waals surface area contributed by atoms with Gasteiger partial charge < -0.3 is 4.42 Å². The first-order valence-corrected chi connectivity index (χ1v) is 6.21. The number of furan rings is 1. The molecule has 1 heterocycles. The number of hydrogen-bond acceptors (Lipinski definition) is 1. The van der Waals surface area contributed by atoms with Crippen LogP contribution in [0, 0.1) is 0 Å². The molecule has 0 aliphatic heterocycles. The first-order chi connectivity index (χ1) is 8.84. The summed E-state index contributed by atoms with van der Waals surface area (Å²) >= 11 is 6.25. The topological polar surface area (TPSA) is 13.1 Å². The van der Waals surface area contributed by atoms with Crippen molar-refractivity contribution in [3.05, 3.63) is 59.6 Å². The Labute approximate surface area is 109 Å². The van der Waals surface area contributed by atoms with E-state index in [1.54, 1.807) is 0 Å². The number of para-hydroxylation sites is 1. The fourth-order valence-electron chi connectivity index (χ4n) is 2.54. The molecule has 1 nitrogen and oxygen atoms in total. The highest BCUT2D eigenvalue weighted by atomic mass is 35.5. The lowest BCUT2D eigenvalue weighted by molar-refractivity contribution is 0.669. The van der Waals surface area contributed by atoms with E-state index in [2.05, 4.69) is 12.1 Å². The van der Waals surface area contributed by atoms with Crippen molar-refractivity contribution in [2.75, 3.05) is 0 Å². The van der Waals surface area contributed by atoms with E-state index < -0.39 is 0 Å². The van der Waals surface area contributed by atoms with Crippen molar-refractivity contribution < 1.29 is 4.42 Å². The Bertz CT molecular complexity index is 889. The predicted octanol–water partition coefficient (Wildman–Crippen LogP) is 5.39. The summed E-state index contributed by atoms with van der Waals surface area (Å²) in [5, 5.41) is 5.27. The highest BCUT2D eigenvalue weighted by Crippen LogP contribution is 2.36. The number of rotatable bonds is 0. The molecule has 86 valence electrons. The summed E-state index contributed by atoms with van der Waals surface area (Å²) in [5.74, 6) is 0. The van der Waals surface area contributed by atoms with E-state index in [1.165, 1.54) is 0 Å². The van der Waals surface area contributed by atoms with Crippen LogP contribution in [0.4, 0.5) is 0 Å². The SMILES string of the molecule is Clc1cccc2c1ccc1oc3ccccc3c12. The van der Waals surface area contributed by atoms with Crippen molar-refractivity contribution >= 4 is 44.3 Å². The second-order valence-electron chi connectivity index (χ2n) is 4.37. The molecular weight excluding hydrogens is 244 g/mol. The van der Waals surface area contributed by atoms with Gasteiger partial charge in [0.05, 0.1) is 0 Å². The number of halogens is 1. The van der Waals surface area contributed by atoms with Gasteiger partial charge in [-0.25, -0.2) is 0 Å². The smallest absolute Gasteiger partial charge is 0.136 e. The van der Waals surface area contributed by atoms with E-state index in [-0.39, 0.29) is 0 Å². The van der Waals surface area contributed by atoms with Crippen LogP contribution in [0.3, 0.4) is 0 Å². The molecule has 4 aromatic rings. The average Bonchev–Trinajstić information content (AvgIpc) is 2.77. The van der Waals surface area contributed by atoms with Crippen LogP contribution in [0.1, 0.15) is 0 Å². The Morgan fingerprint density at radius 2 is 1.50 bits per heavy atom.